The second-order valence-electron chi connectivity index (χ2n) is 8.33. The van der Waals surface area contributed by atoms with Gasteiger partial charge in [0.05, 0.1) is 24.4 Å². The lowest BCUT2D eigenvalue weighted by atomic mass is 9.74. The molecule has 2 heterocycles. The second-order valence-corrected chi connectivity index (χ2v) is 8.33. The molecule has 1 unspecified atom stereocenters. The lowest BCUT2D eigenvalue weighted by molar-refractivity contribution is -0.694. The number of hydrogen-bond acceptors (Lipinski definition) is 2. The molecular formula is C22H25F4N2O2+. The number of H-pyrrole nitrogens is 1. The van der Waals surface area contributed by atoms with Crippen molar-refractivity contribution < 1.29 is 32.0 Å². The van der Waals surface area contributed by atoms with Crippen LogP contribution in [-0.2, 0) is 12.0 Å². The van der Waals surface area contributed by atoms with Crippen LogP contribution in [0.2, 0.25) is 0 Å². The monoisotopic (exact) mass is 425 g/mol. The average molecular weight is 425 g/mol. The van der Waals surface area contributed by atoms with Gasteiger partial charge < -0.3 is 9.84 Å². The van der Waals surface area contributed by atoms with Gasteiger partial charge in [0, 0.05) is 5.56 Å². The van der Waals surface area contributed by atoms with Gasteiger partial charge in [0.25, 0.3) is 5.65 Å². The summed E-state index contributed by atoms with van der Waals surface area (Å²) in [6.07, 6.45) is -4.11. The lowest BCUT2D eigenvalue weighted by Gasteiger charge is -2.37. The minimum atomic E-state index is -4.92. The second kappa shape index (κ2) is 7.58. The van der Waals surface area contributed by atoms with Crippen molar-refractivity contribution >= 4 is 11.0 Å². The van der Waals surface area contributed by atoms with Crippen LogP contribution in [0.15, 0.2) is 42.6 Å². The highest BCUT2D eigenvalue weighted by Crippen LogP contribution is 2.44. The number of pyridine rings is 1. The molecule has 0 amide bonds. The van der Waals surface area contributed by atoms with Crippen molar-refractivity contribution in [1.82, 2.24) is 4.98 Å². The number of nitrogens with one attached hydrogen (secondary N) is 1. The number of rotatable bonds is 6. The third-order valence-corrected chi connectivity index (χ3v) is 5.37. The normalized spacial score (nSPS) is 14.7. The van der Waals surface area contributed by atoms with E-state index >= 15 is 0 Å². The number of aromatic amines is 1. The maximum Gasteiger partial charge on any atom is 0.421 e. The standard InChI is InChI=1S/C22H24F4N2O2/c1-14-10-15-6-5-9-28(19(15)27-14)13-21(29,22(24,25)26)12-20(2,3)17-11-16(23)7-8-18(17)30-4/h5-11,29H,12-13H2,1-4H3/p+1. The average Bonchev–Trinajstić information content (AvgIpc) is 3.01. The molecule has 2 aromatic heterocycles. The van der Waals surface area contributed by atoms with Crippen LogP contribution >= 0.6 is 0 Å². The number of halogens is 4. The Kier molecular flexibility index (Phi) is 5.58. The van der Waals surface area contributed by atoms with Crippen LogP contribution in [0.4, 0.5) is 17.6 Å². The van der Waals surface area contributed by atoms with Crippen LogP contribution in [0.25, 0.3) is 11.0 Å². The Morgan fingerprint density at radius 2 is 1.83 bits per heavy atom. The number of hydrogen-bond donors (Lipinski definition) is 2. The van der Waals surface area contributed by atoms with Gasteiger partial charge in [-0.3, -0.25) is 0 Å². The highest BCUT2D eigenvalue weighted by Gasteiger charge is 2.58. The number of benzene rings is 1. The fourth-order valence-corrected chi connectivity index (χ4v) is 3.98. The molecule has 0 saturated heterocycles. The summed E-state index contributed by atoms with van der Waals surface area (Å²) in [5.74, 6) is -0.323. The maximum absolute atomic E-state index is 14.1. The fourth-order valence-electron chi connectivity index (χ4n) is 3.98. The first-order valence-corrected chi connectivity index (χ1v) is 9.47. The van der Waals surface area contributed by atoms with Gasteiger partial charge >= 0.3 is 6.18 Å². The summed E-state index contributed by atoms with van der Waals surface area (Å²) < 4.78 is 62.8. The first kappa shape index (κ1) is 22.1. The van der Waals surface area contributed by atoms with Gasteiger partial charge in [-0.25, -0.2) is 13.9 Å². The molecule has 162 valence electrons. The number of fused-ring (bicyclic) bond motifs is 1. The SMILES string of the molecule is COc1ccc(F)cc1C(C)(C)CC(O)(C[n+]1cccc2cc(C)[nH]c21)C(F)(F)F. The lowest BCUT2D eigenvalue weighted by Crippen LogP contribution is -2.58. The molecule has 3 rings (SSSR count). The van der Waals surface area contributed by atoms with Crippen molar-refractivity contribution in [3.05, 3.63) is 59.7 Å². The highest BCUT2D eigenvalue weighted by molar-refractivity contribution is 5.73. The number of nitrogens with zero attached hydrogens (tertiary/aromatic N) is 1. The van der Waals surface area contributed by atoms with E-state index in [0.29, 0.717) is 5.65 Å². The van der Waals surface area contributed by atoms with E-state index in [1.54, 1.807) is 19.1 Å². The molecule has 0 bridgehead atoms. The number of aryl methyl sites for hydroxylation is 1. The van der Waals surface area contributed by atoms with Crippen molar-refractivity contribution in [2.24, 2.45) is 0 Å². The van der Waals surface area contributed by atoms with E-state index < -0.39 is 36.0 Å². The Bertz CT molecular complexity index is 1060. The van der Waals surface area contributed by atoms with E-state index in [9.17, 15) is 22.7 Å². The molecule has 1 atom stereocenters. The molecule has 0 spiro atoms. The van der Waals surface area contributed by atoms with Gasteiger partial charge in [-0.15, -0.1) is 0 Å². The van der Waals surface area contributed by atoms with E-state index in [2.05, 4.69) is 4.98 Å². The third kappa shape index (κ3) is 4.14. The van der Waals surface area contributed by atoms with Gasteiger partial charge in [-0.1, -0.05) is 13.8 Å². The van der Waals surface area contributed by atoms with Gasteiger partial charge in [-0.05, 0) is 55.2 Å². The number of methoxy groups -OCH3 is 1. The molecule has 30 heavy (non-hydrogen) atoms. The van der Waals surface area contributed by atoms with Crippen molar-refractivity contribution in [2.75, 3.05) is 7.11 Å². The summed E-state index contributed by atoms with van der Waals surface area (Å²) in [6.45, 7) is 4.16. The Labute approximate surface area is 172 Å². The summed E-state index contributed by atoms with van der Waals surface area (Å²) in [6, 6.07) is 8.93. The highest BCUT2D eigenvalue weighted by atomic mass is 19.4. The van der Waals surface area contributed by atoms with Crippen molar-refractivity contribution in [3.63, 3.8) is 0 Å². The molecule has 4 nitrogen and oxygen atoms in total. The van der Waals surface area contributed by atoms with Crippen molar-refractivity contribution in [1.29, 1.82) is 0 Å². The smallest absolute Gasteiger partial charge is 0.421 e. The van der Waals surface area contributed by atoms with Gasteiger partial charge in [-0.2, -0.15) is 13.2 Å². The summed E-state index contributed by atoms with van der Waals surface area (Å²) in [5.41, 5.74) is -2.76. The molecule has 0 saturated carbocycles. The van der Waals surface area contributed by atoms with Gasteiger partial charge in [0.2, 0.25) is 0 Å². The van der Waals surface area contributed by atoms with E-state index in [4.69, 9.17) is 4.74 Å². The maximum atomic E-state index is 14.1. The van der Waals surface area contributed by atoms with Crippen LogP contribution in [0.5, 0.6) is 5.75 Å². The summed E-state index contributed by atoms with van der Waals surface area (Å²) >= 11 is 0. The van der Waals surface area contributed by atoms with Crippen molar-refractivity contribution in [3.8, 4) is 5.75 Å². The molecular weight excluding hydrogens is 400 g/mol. The van der Waals surface area contributed by atoms with Crippen LogP contribution in [0.3, 0.4) is 0 Å². The molecule has 8 heteroatoms. The van der Waals surface area contributed by atoms with E-state index in [1.807, 2.05) is 6.07 Å². The zero-order valence-electron chi connectivity index (χ0n) is 17.3. The topological polar surface area (TPSA) is 49.1 Å². The number of alkyl halides is 3. The molecule has 2 N–H and O–H groups in total. The van der Waals surface area contributed by atoms with Crippen LogP contribution < -0.4 is 9.30 Å². The number of aliphatic hydroxyl groups is 1. The Morgan fingerprint density at radius 3 is 2.47 bits per heavy atom. The first-order chi connectivity index (χ1) is 13.9. The molecule has 0 aliphatic carbocycles. The van der Waals surface area contributed by atoms with Crippen LogP contribution in [-0.4, -0.2) is 29.0 Å². The molecule has 0 aliphatic rings. The van der Waals surface area contributed by atoms with Crippen LogP contribution in [0, 0.1) is 12.7 Å². The summed E-state index contributed by atoms with van der Waals surface area (Å²) in [5, 5.41) is 11.6. The largest absolute Gasteiger partial charge is 0.496 e. The third-order valence-electron chi connectivity index (χ3n) is 5.37. The van der Waals surface area contributed by atoms with Crippen molar-refractivity contribution in [2.45, 2.75) is 50.9 Å². The van der Waals surface area contributed by atoms with Gasteiger partial charge in [0.1, 0.15) is 18.1 Å². The van der Waals surface area contributed by atoms with E-state index in [1.165, 1.54) is 43.9 Å². The number of ether oxygens (including phenoxy) is 1. The molecule has 3 aromatic rings. The zero-order chi connectivity index (χ0) is 22.3. The molecule has 0 radical (unpaired) electrons. The molecule has 1 aromatic carbocycles. The van der Waals surface area contributed by atoms with E-state index in [-0.39, 0.29) is 11.3 Å². The first-order valence-electron chi connectivity index (χ1n) is 9.47. The van der Waals surface area contributed by atoms with Crippen LogP contribution in [0.1, 0.15) is 31.5 Å². The molecule has 0 aliphatic heterocycles. The Hall–Kier alpha value is -2.61. The predicted octanol–water partition coefficient (Wildman–Crippen LogP) is 4.57. The summed E-state index contributed by atoms with van der Waals surface area (Å²) in [4.78, 5) is 3.04. The van der Waals surface area contributed by atoms with E-state index in [0.717, 1.165) is 17.1 Å². The Morgan fingerprint density at radius 1 is 1.13 bits per heavy atom. The number of aromatic nitrogens is 2. The predicted molar refractivity (Wildman–Crippen MR) is 105 cm³/mol. The fraction of sp³-hybridized carbons (Fsp3) is 0.409. The quantitative estimate of drug-likeness (QED) is 0.449. The summed E-state index contributed by atoms with van der Waals surface area (Å²) in [7, 11) is 1.37. The minimum absolute atomic E-state index is 0.256. The minimum Gasteiger partial charge on any atom is -0.496 e. The Balaban J connectivity index is 2.05. The zero-order valence-corrected chi connectivity index (χ0v) is 17.3. The molecule has 0 fully saturated rings. The van der Waals surface area contributed by atoms with Gasteiger partial charge in [0.15, 0.2) is 5.60 Å².